The first-order chi connectivity index (χ1) is 9.39. The molecule has 126 valence electrons. The number of unbranched alkanes of at least 4 members (excludes halogenated alkanes) is 1. The van der Waals surface area contributed by atoms with Crippen molar-refractivity contribution in [2.75, 3.05) is 33.0 Å². The maximum absolute atomic E-state index is 8.75. The van der Waals surface area contributed by atoms with Gasteiger partial charge >= 0.3 is 0 Å². The maximum Gasteiger partial charge on any atom is 0.100 e. The summed E-state index contributed by atoms with van der Waals surface area (Å²) < 4.78 is 0. The summed E-state index contributed by atoms with van der Waals surface area (Å²) in [6.07, 6.45) is 0.508. The van der Waals surface area contributed by atoms with Crippen LogP contribution < -0.4 is 0 Å². The molecule has 0 rings (SSSR count). The molecule has 0 heterocycles. The van der Waals surface area contributed by atoms with E-state index in [1.807, 2.05) is 13.8 Å². The van der Waals surface area contributed by atoms with E-state index < -0.39 is 12.2 Å². The summed E-state index contributed by atoms with van der Waals surface area (Å²) in [6, 6.07) is 0. The highest BCUT2D eigenvalue weighted by Crippen LogP contribution is 1.98. The van der Waals surface area contributed by atoms with Gasteiger partial charge in [0.15, 0.2) is 0 Å². The molecule has 7 heteroatoms. The van der Waals surface area contributed by atoms with Crippen LogP contribution in [-0.4, -0.2) is 81.0 Å². The van der Waals surface area contributed by atoms with E-state index in [0.717, 1.165) is 6.42 Å². The standard InChI is InChI=1S/C6H14O3.C4H10O.C3H8O3/c7-4-2-1-3-6(9)5-8;1-4(2)3-5;4-1-3(6)2-5/h6-9H,1-5H2;4-5H,3H2,1-2H3;3-6H,1-2H2. The number of aliphatic hydroxyl groups is 7. The van der Waals surface area contributed by atoms with Gasteiger partial charge < -0.3 is 35.7 Å². The van der Waals surface area contributed by atoms with Gasteiger partial charge in [-0.15, -0.1) is 0 Å². The second kappa shape index (κ2) is 21.0. The second-order valence-electron chi connectivity index (χ2n) is 4.65. The van der Waals surface area contributed by atoms with Gasteiger partial charge in [-0.1, -0.05) is 13.8 Å². The van der Waals surface area contributed by atoms with Crippen molar-refractivity contribution < 1.29 is 35.7 Å². The molecular formula is C13H32O7. The first-order valence-electron chi connectivity index (χ1n) is 6.79. The molecule has 0 aliphatic carbocycles. The van der Waals surface area contributed by atoms with Crippen LogP contribution in [0.15, 0.2) is 0 Å². The Morgan fingerprint density at radius 1 is 0.650 bits per heavy atom. The van der Waals surface area contributed by atoms with Crippen LogP contribution in [0.25, 0.3) is 0 Å². The molecule has 0 aliphatic heterocycles. The summed E-state index contributed by atoms with van der Waals surface area (Å²) >= 11 is 0. The van der Waals surface area contributed by atoms with Crippen LogP contribution in [0, 0.1) is 5.92 Å². The summed E-state index contributed by atoms with van der Waals surface area (Å²) in [5.41, 5.74) is 0. The van der Waals surface area contributed by atoms with Crippen molar-refractivity contribution in [3.63, 3.8) is 0 Å². The van der Waals surface area contributed by atoms with E-state index in [1.165, 1.54) is 0 Å². The molecule has 20 heavy (non-hydrogen) atoms. The molecule has 0 radical (unpaired) electrons. The normalized spacial score (nSPS) is 11.6. The van der Waals surface area contributed by atoms with Gasteiger partial charge in [-0.25, -0.2) is 0 Å². The van der Waals surface area contributed by atoms with Crippen LogP contribution in [-0.2, 0) is 0 Å². The van der Waals surface area contributed by atoms with Crippen molar-refractivity contribution in [2.24, 2.45) is 5.92 Å². The fraction of sp³-hybridized carbons (Fsp3) is 1.00. The number of hydrogen-bond acceptors (Lipinski definition) is 7. The molecule has 0 aromatic heterocycles. The molecule has 0 amide bonds. The summed E-state index contributed by atoms with van der Waals surface area (Å²) in [5.74, 6) is 0.440. The van der Waals surface area contributed by atoms with Crippen molar-refractivity contribution in [2.45, 2.75) is 45.3 Å². The maximum atomic E-state index is 8.75. The minimum Gasteiger partial charge on any atom is -0.396 e. The fourth-order valence-corrected chi connectivity index (χ4v) is 0.641. The summed E-state index contributed by atoms with van der Waals surface area (Å²) in [6.45, 7) is 3.51. The van der Waals surface area contributed by atoms with Crippen LogP contribution in [0.5, 0.6) is 0 Å². The van der Waals surface area contributed by atoms with E-state index in [2.05, 4.69) is 0 Å². The van der Waals surface area contributed by atoms with Gasteiger partial charge in [-0.05, 0) is 25.2 Å². The van der Waals surface area contributed by atoms with E-state index in [1.54, 1.807) is 0 Å². The van der Waals surface area contributed by atoms with E-state index in [4.69, 9.17) is 35.7 Å². The van der Waals surface area contributed by atoms with Gasteiger partial charge in [0, 0.05) is 13.2 Å². The number of hydrogen-bond donors (Lipinski definition) is 7. The summed E-state index contributed by atoms with van der Waals surface area (Å²) in [7, 11) is 0. The average Bonchev–Trinajstić information content (AvgIpc) is 2.47. The van der Waals surface area contributed by atoms with Crippen molar-refractivity contribution in [1.82, 2.24) is 0 Å². The lowest BCUT2D eigenvalue weighted by Crippen LogP contribution is -2.15. The Balaban J connectivity index is -0.000000230. The van der Waals surface area contributed by atoms with Crippen LogP contribution in [0.3, 0.4) is 0 Å². The van der Waals surface area contributed by atoms with Crippen molar-refractivity contribution in [3.8, 4) is 0 Å². The lowest BCUT2D eigenvalue weighted by molar-refractivity contribution is 0.0450. The minimum absolute atomic E-state index is 0.165. The molecule has 0 saturated heterocycles. The Morgan fingerprint density at radius 3 is 1.25 bits per heavy atom. The average molecular weight is 300 g/mol. The number of rotatable bonds is 8. The molecule has 0 bridgehead atoms. The lowest BCUT2D eigenvalue weighted by Gasteiger charge is -2.03. The molecule has 0 fully saturated rings. The van der Waals surface area contributed by atoms with Gasteiger partial charge in [0.2, 0.25) is 0 Å². The molecule has 7 nitrogen and oxygen atoms in total. The fourth-order valence-electron chi connectivity index (χ4n) is 0.641. The molecule has 0 aromatic carbocycles. The highest BCUT2D eigenvalue weighted by Gasteiger charge is 1.99. The SMILES string of the molecule is CC(C)CO.OCC(O)CO.OCCCCC(O)CO. The zero-order valence-corrected chi connectivity index (χ0v) is 12.5. The van der Waals surface area contributed by atoms with E-state index in [9.17, 15) is 0 Å². The molecule has 0 spiro atoms. The Kier molecular flexibility index (Phi) is 26.0. The zero-order valence-electron chi connectivity index (χ0n) is 12.5. The van der Waals surface area contributed by atoms with Gasteiger partial charge in [0.05, 0.1) is 25.9 Å². The summed E-state index contributed by atoms with van der Waals surface area (Å²) in [4.78, 5) is 0. The van der Waals surface area contributed by atoms with Gasteiger partial charge in [-0.2, -0.15) is 0 Å². The Hall–Kier alpha value is -0.280. The third-order valence-corrected chi connectivity index (χ3v) is 1.94. The largest absolute Gasteiger partial charge is 0.396 e. The van der Waals surface area contributed by atoms with Crippen molar-refractivity contribution in [1.29, 1.82) is 0 Å². The molecule has 1 unspecified atom stereocenters. The first-order valence-corrected chi connectivity index (χ1v) is 6.79. The van der Waals surface area contributed by atoms with Gasteiger partial charge in [0.25, 0.3) is 0 Å². The molecule has 0 aromatic rings. The van der Waals surface area contributed by atoms with E-state index >= 15 is 0 Å². The zero-order chi connectivity index (χ0) is 16.4. The Morgan fingerprint density at radius 2 is 1.05 bits per heavy atom. The molecule has 7 N–H and O–H groups in total. The highest BCUT2D eigenvalue weighted by molar-refractivity contribution is 4.51. The molecule has 0 saturated carbocycles. The molecule has 0 aliphatic rings. The highest BCUT2D eigenvalue weighted by atomic mass is 16.3. The van der Waals surface area contributed by atoms with Crippen molar-refractivity contribution in [3.05, 3.63) is 0 Å². The van der Waals surface area contributed by atoms with E-state index in [-0.39, 0.29) is 26.4 Å². The molecular weight excluding hydrogens is 268 g/mol. The van der Waals surface area contributed by atoms with Crippen LogP contribution in [0.2, 0.25) is 0 Å². The smallest absolute Gasteiger partial charge is 0.100 e. The van der Waals surface area contributed by atoms with Crippen LogP contribution in [0.1, 0.15) is 33.1 Å². The number of aliphatic hydroxyl groups excluding tert-OH is 7. The van der Waals surface area contributed by atoms with Gasteiger partial charge in [0.1, 0.15) is 6.10 Å². The Labute approximate surface area is 121 Å². The molecule has 1 atom stereocenters. The third-order valence-electron chi connectivity index (χ3n) is 1.94. The predicted octanol–water partition coefficient (Wildman–Crippen LogP) is -1.53. The predicted molar refractivity (Wildman–Crippen MR) is 76.1 cm³/mol. The van der Waals surface area contributed by atoms with Crippen LogP contribution in [0.4, 0.5) is 0 Å². The van der Waals surface area contributed by atoms with Gasteiger partial charge in [-0.3, -0.25) is 0 Å². The minimum atomic E-state index is -0.954. The quantitative estimate of drug-likeness (QED) is 0.270. The first kappa shape index (κ1) is 24.7. The van der Waals surface area contributed by atoms with Crippen LogP contribution >= 0.6 is 0 Å². The third kappa shape index (κ3) is 30.6. The Bertz CT molecular complexity index is 152. The monoisotopic (exact) mass is 300 g/mol. The van der Waals surface area contributed by atoms with Crippen molar-refractivity contribution >= 4 is 0 Å². The topological polar surface area (TPSA) is 142 Å². The second-order valence-corrected chi connectivity index (χ2v) is 4.65. The van der Waals surface area contributed by atoms with E-state index in [0.29, 0.717) is 25.4 Å². The lowest BCUT2D eigenvalue weighted by atomic mass is 10.2. The summed E-state index contributed by atoms with van der Waals surface area (Å²) in [5, 5.41) is 57.5.